The molecule has 0 aliphatic carbocycles. The SMILES string of the molecule is CC(C)C[C@H](N)C(=O)O.CC[C@H](C)[C@H](N)C(=O)O.CSCC[C@H](N)C(=O)O.C[C@H](N)C(=O)O.N[C@@H](Cc1cnc[nH]1)C(=O)O. The largest absolute Gasteiger partial charge is 0.480 e. The quantitative estimate of drug-likeness (QED) is 0.124. The molecule has 1 rings (SSSR count). The lowest BCUT2D eigenvalue weighted by Gasteiger charge is -2.11. The average Bonchev–Trinajstić information content (AvgIpc) is 3.44. The van der Waals surface area contributed by atoms with Gasteiger partial charge in [0, 0.05) is 18.3 Å². The minimum atomic E-state index is -1.00. The molecule has 1 heterocycles. The fraction of sp³-hybridized carbons (Fsp3) is 0.692. The van der Waals surface area contributed by atoms with E-state index in [9.17, 15) is 24.0 Å². The molecule has 0 aromatic carbocycles. The number of thioether (sulfide) groups is 1. The van der Waals surface area contributed by atoms with Crippen molar-refractivity contribution in [3.8, 4) is 0 Å². The molecule has 0 aliphatic heterocycles. The molecule has 18 heteroatoms. The summed E-state index contributed by atoms with van der Waals surface area (Å²) in [6.45, 7) is 9.07. The van der Waals surface area contributed by atoms with E-state index in [4.69, 9.17) is 54.2 Å². The highest BCUT2D eigenvalue weighted by molar-refractivity contribution is 7.98. The number of hydrogen-bond acceptors (Lipinski definition) is 12. The topological polar surface area (TPSA) is 345 Å². The van der Waals surface area contributed by atoms with Crippen molar-refractivity contribution in [3.05, 3.63) is 18.2 Å². The number of nitrogens with one attached hydrogen (secondary N) is 1. The summed E-state index contributed by atoms with van der Waals surface area (Å²) < 4.78 is 0. The van der Waals surface area contributed by atoms with E-state index < -0.39 is 60.1 Å². The van der Waals surface area contributed by atoms with Crippen molar-refractivity contribution in [2.24, 2.45) is 40.5 Å². The van der Waals surface area contributed by atoms with Crippen molar-refractivity contribution in [2.45, 2.75) is 90.5 Å². The van der Waals surface area contributed by atoms with Crippen LogP contribution in [0.3, 0.4) is 0 Å². The first-order chi connectivity index (χ1) is 20.1. The van der Waals surface area contributed by atoms with E-state index in [1.165, 1.54) is 13.3 Å². The Morgan fingerprint density at radius 1 is 0.795 bits per heavy atom. The highest BCUT2D eigenvalue weighted by Crippen LogP contribution is 2.04. The number of hydrogen-bond donors (Lipinski definition) is 11. The van der Waals surface area contributed by atoms with Crippen molar-refractivity contribution >= 4 is 41.6 Å². The van der Waals surface area contributed by atoms with Crippen molar-refractivity contribution < 1.29 is 49.5 Å². The minimum Gasteiger partial charge on any atom is -0.480 e. The third-order valence-corrected chi connectivity index (χ3v) is 5.88. The smallest absolute Gasteiger partial charge is 0.320 e. The number of aromatic amines is 1. The van der Waals surface area contributed by atoms with E-state index in [-0.39, 0.29) is 12.3 Å². The van der Waals surface area contributed by atoms with Crippen molar-refractivity contribution in [1.82, 2.24) is 9.97 Å². The molecule has 0 bridgehead atoms. The van der Waals surface area contributed by atoms with Crippen LogP contribution in [0.5, 0.6) is 0 Å². The summed E-state index contributed by atoms with van der Waals surface area (Å²) in [5.74, 6) is -3.46. The maximum atomic E-state index is 10.3. The van der Waals surface area contributed by atoms with Crippen LogP contribution < -0.4 is 28.7 Å². The zero-order chi connectivity index (χ0) is 35.6. The summed E-state index contributed by atoms with van der Waals surface area (Å²) in [6, 6.07) is -3.65. The normalized spacial score (nSPS) is 14.0. The van der Waals surface area contributed by atoms with Gasteiger partial charge in [0.05, 0.1) is 6.33 Å². The number of aromatic nitrogens is 2. The van der Waals surface area contributed by atoms with Crippen LogP contribution in [-0.4, -0.2) is 108 Å². The van der Waals surface area contributed by atoms with Gasteiger partial charge in [0.2, 0.25) is 0 Å². The molecule has 1 aromatic rings. The van der Waals surface area contributed by atoms with Gasteiger partial charge in [-0.3, -0.25) is 24.0 Å². The number of carboxylic acids is 5. The summed E-state index contributed by atoms with van der Waals surface area (Å²) in [5, 5.41) is 41.2. The molecule has 0 saturated carbocycles. The van der Waals surface area contributed by atoms with Gasteiger partial charge < -0.3 is 59.2 Å². The van der Waals surface area contributed by atoms with E-state index in [0.29, 0.717) is 18.8 Å². The fourth-order valence-corrected chi connectivity index (χ4v) is 2.68. The van der Waals surface area contributed by atoms with Gasteiger partial charge in [0.1, 0.15) is 30.2 Å². The Bertz CT molecular complexity index is 921. The number of nitrogens with zero attached hydrogens (tertiary/aromatic N) is 1. The van der Waals surface area contributed by atoms with E-state index in [1.54, 1.807) is 18.0 Å². The van der Waals surface area contributed by atoms with Crippen molar-refractivity contribution in [1.29, 1.82) is 0 Å². The Morgan fingerprint density at radius 3 is 1.48 bits per heavy atom. The van der Waals surface area contributed by atoms with Crippen molar-refractivity contribution in [3.63, 3.8) is 0 Å². The number of imidazole rings is 1. The van der Waals surface area contributed by atoms with Gasteiger partial charge >= 0.3 is 29.8 Å². The Labute approximate surface area is 262 Å². The summed E-state index contributed by atoms with van der Waals surface area (Å²) in [6.07, 6.45) is 7.18. The van der Waals surface area contributed by atoms with E-state index in [2.05, 4.69) is 9.97 Å². The lowest BCUT2D eigenvalue weighted by atomic mass is 10.0. The van der Waals surface area contributed by atoms with Gasteiger partial charge in [0.25, 0.3) is 0 Å². The van der Waals surface area contributed by atoms with Crippen LogP contribution >= 0.6 is 11.8 Å². The third kappa shape index (κ3) is 31.6. The summed E-state index contributed by atoms with van der Waals surface area (Å²) in [7, 11) is 0. The predicted molar refractivity (Wildman–Crippen MR) is 168 cm³/mol. The number of H-pyrrole nitrogens is 1. The number of rotatable bonds is 14. The average molecular weight is 656 g/mol. The first-order valence-corrected chi connectivity index (χ1v) is 14.9. The molecule has 258 valence electrons. The van der Waals surface area contributed by atoms with Crippen LogP contribution in [0, 0.1) is 11.8 Å². The molecule has 0 saturated heterocycles. The van der Waals surface area contributed by atoms with Crippen molar-refractivity contribution in [2.75, 3.05) is 12.0 Å². The highest BCUT2D eigenvalue weighted by Gasteiger charge is 2.17. The zero-order valence-corrected chi connectivity index (χ0v) is 27.1. The standard InChI is InChI=1S/C6H9N3O2.2C6H13NO2.C5H11NO2S.C3H7NO2/c7-5(6(10)11)1-4-2-8-3-9-4;1-4(2)3-5(7)6(8)9;1-3-4(2)5(7)6(8)9;1-9-3-2-4(6)5(7)8;1-2(4)3(5)6/h2-3,5H,1,7H2,(H,8,9)(H,10,11);2*4-5H,3,7H2,1-2H3,(H,8,9);4H,2-3,6H2,1H3,(H,7,8);2H,4H2,1H3,(H,5,6)/t2*5-;4-,5-;4-;2-/m00000/s1. The Kier molecular flexibility index (Phi) is 30.8. The molecule has 0 amide bonds. The number of carbonyl (C=O) groups is 5. The monoisotopic (exact) mass is 655 g/mol. The summed E-state index contributed by atoms with van der Waals surface area (Å²) >= 11 is 1.60. The molecule has 6 atom stereocenters. The Balaban J connectivity index is -0.000000230. The molecule has 44 heavy (non-hydrogen) atoms. The van der Waals surface area contributed by atoms with Gasteiger partial charge in [0.15, 0.2) is 0 Å². The van der Waals surface area contributed by atoms with Gasteiger partial charge in [-0.2, -0.15) is 11.8 Å². The number of aliphatic carboxylic acids is 5. The van der Waals surface area contributed by atoms with E-state index in [1.807, 2.05) is 34.0 Å². The van der Waals surface area contributed by atoms with Gasteiger partial charge in [-0.05, 0) is 43.6 Å². The van der Waals surface area contributed by atoms with Gasteiger partial charge in [-0.15, -0.1) is 0 Å². The molecule has 16 N–H and O–H groups in total. The van der Waals surface area contributed by atoms with Crippen LogP contribution in [0.15, 0.2) is 12.5 Å². The first kappa shape index (κ1) is 47.6. The van der Waals surface area contributed by atoms with E-state index in [0.717, 1.165) is 17.9 Å². The lowest BCUT2D eigenvalue weighted by Crippen LogP contribution is -2.36. The molecule has 17 nitrogen and oxygen atoms in total. The maximum Gasteiger partial charge on any atom is 0.320 e. The second-order valence-electron chi connectivity index (χ2n) is 9.90. The first-order valence-electron chi connectivity index (χ1n) is 13.5. The molecule has 0 fully saturated rings. The second-order valence-corrected chi connectivity index (χ2v) is 10.9. The van der Waals surface area contributed by atoms with Crippen LogP contribution in [0.1, 0.15) is 59.6 Å². The van der Waals surface area contributed by atoms with Crippen LogP contribution in [0.2, 0.25) is 0 Å². The molecule has 1 aromatic heterocycles. The maximum absolute atomic E-state index is 10.3. The van der Waals surface area contributed by atoms with Gasteiger partial charge in [-0.1, -0.05) is 34.1 Å². The molecule has 0 unspecified atom stereocenters. The number of carboxylic acid groups (broad SMARTS) is 5. The highest BCUT2D eigenvalue weighted by atomic mass is 32.2. The minimum absolute atomic E-state index is 0.0718. The summed E-state index contributed by atoms with van der Waals surface area (Å²) in [5.41, 5.74) is 26.5. The predicted octanol–water partition coefficient (Wildman–Crippen LogP) is -0.177. The molecule has 0 radical (unpaired) electrons. The molecular weight excluding hydrogens is 602 g/mol. The van der Waals surface area contributed by atoms with Gasteiger partial charge in [-0.25, -0.2) is 4.98 Å². The lowest BCUT2D eigenvalue weighted by molar-refractivity contribution is -0.140. The molecular formula is C26H53N7O10S. The zero-order valence-electron chi connectivity index (χ0n) is 26.3. The third-order valence-electron chi connectivity index (χ3n) is 5.24. The van der Waals surface area contributed by atoms with Crippen LogP contribution in [0.25, 0.3) is 0 Å². The second kappa shape index (κ2) is 28.5. The Hall–Kier alpha value is -3.29. The fourth-order valence-electron chi connectivity index (χ4n) is 2.19. The Morgan fingerprint density at radius 2 is 1.25 bits per heavy atom. The summed E-state index contributed by atoms with van der Waals surface area (Å²) in [4.78, 5) is 56.7. The van der Waals surface area contributed by atoms with Crippen LogP contribution in [-0.2, 0) is 30.4 Å². The molecule has 0 spiro atoms. The molecule has 0 aliphatic rings. The number of nitrogens with two attached hydrogens (primary N) is 5. The van der Waals surface area contributed by atoms with E-state index >= 15 is 0 Å². The van der Waals surface area contributed by atoms with Crippen LogP contribution in [0.4, 0.5) is 0 Å².